The molecule has 0 aromatic heterocycles. The molecule has 0 aliphatic carbocycles. The average molecular weight is 350 g/mol. The normalized spacial score (nSPS) is 11.2. The summed E-state index contributed by atoms with van der Waals surface area (Å²) in [4.78, 5) is 12.0. The predicted octanol–water partition coefficient (Wildman–Crippen LogP) is 4.67. The smallest absolute Gasteiger partial charge is 0.387 e. The monoisotopic (exact) mass is 350 g/mol. The van der Waals surface area contributed by atoms with Crippen molar-refractivity contribution in [2.24, 2.45) is 0 Å². The number of ether oxygens (including phenoxy) is 1. The number of alkyl halides is 2. The Bertz CT molecular complexity index is 592. The number of hydrogen-bond acceptors (Lipinski definition) is 3. The molecule has 0 aliphatic rings. The van der Waals surface area contributed by atoms with Crippen LogP contribution in [0.15, 0.2) is 29.8 Å². The van der Waals surface area contributed by atoms with E-state index in [-0.39, 0.29) is 11.3 Å². The van der Waals surface area contributed by atoms with E-state index in [0.29, 0.717) is 12.1 Å². The van der Waals surface area contributed by atoms with E-state index < -0.39 is 12.5 Å². The van der Waals surface area contributed by atoms with Crippen molar-refractivity contribution in [3.8, 4) is 11.8 Å². The Morgan fingerprint density at radius 2 is 1.84 bits per heavy atom. The molecule has 1 amide bonds. The lowest BCUT2D eigenvalue weighted by atomic mass is 10.1. The van der Waals surface area contributed by atoms with Crippen molar-refractivity contribution >= 4 is 12.0 Å². The Balaban J connectivity index is 2.47. The average Bonchev–Trinajstić information content (AvgIpc) is 2.59. The summed E-state index contributed by atoms with van der Waals surface area (Å²) in [6.45, 7) is -0.190. The predicted molar refractivity (Wildman–Crippen MR) is 93.0 cm³/mol. The Labute approximate surface area is 147 Å². The highest BCUT2D eigenvalue weighted by atomic mass is 19.3. The Hall–Kier alpha value is -2.42. The maximum absolute atomic E-state index is 12.1. The first-order valence-corrected chi connectivity index (χ1v) is 8.51. The lowest BCUT2D eigenvalue weighted by Crippen LogP contribution is -2.25. The summed E-state index contributed by atoms with van der Waals surface area (Å²) in [7, 11) is 0. The van der Waals surface area contributed by atoms with E-state index in [4.69, 9.17) is 5.26 Å². The van der Waals surface area contributed by atoms with Crippen LogP contribution in [0.4, 0.5) is 8.78 Å². The van der Waals surface area contributed by atoms with Gasteiger partial charge in [0.2, 0.25) is 0 Å². The van der Waals surface area contributed by atoms with E-state index in [1.165, 1.54) is 49.6 Å². The number of nitrogens with zero attached hydrogens (tertiary/aromatic N) is 1. The van der Waals surface area contributed by atoms with E-state index in [1.54, 1.807) is 0 Å². The van der Waals surface area contributed by atoms with Gasteiger partial charge in [-0.1, -0.05) is 51.2 Å². The van der Waals surface area contributed by atoms with E-state index >= 15 is 0 Å². The third-order valence-electron chi connectivity index (χ3n) is 3.60. The lowest BCUT2D eigenvalue weighted by molar-refractivity contribution is -0.117. The molecule has 25 heavy (non-hydrogen) atoms. The number of carbonyl (C=O) groups excluding carboxylic acids is 1. The molecule has 0 aliphatic heterocycles. The fourth-order valence-electron chi connectivity index (χ4n) is 2.26. The van der Waals surface area contributed by atoms with Crippen LogP contribution in [0.3, 0.4) is 0 Å². The molecule has 1 aromatic carbocycles. The molecule has 0 radical (unpaired) electrons. The molecule has 136 valence electrons. The molecule has 1 aromatic rings. The molecule has 0 saturated heterocycles. The molecule has 0 spiro atoms. The zero-order chi connectivity index (χ0) is 18.5. The van der Waals surface area contributed by atoms with Gasteiger partial charge in [0.1, 0.15) is 17.4 Å². The first-order valence-electron chi connectivity index (χ1n) is 8.51. The third kappa shape index (κ3) is 8.85. The Morgan fingerprint density at radius 1 is 1.20 bits per heavy atom. The minimum Gasteiger partial charge on any atom is -0.435 e. The fraction of sp³-hybridized carbons (Fsp3) is 0.474. The minimum atomic E-state index is -2.89. The van der Waals surface area contributed by atoms with Crippen LogP contribution in [0.2, 0.25) is 0 Å². The van der Waals surface area contributed by atoms with Crippen molar-refractivity contribution in [2.75, 3.05) is 6.54 Å². The van der Waals surface area contributed by atoms with Crippen LogP contribution in [0.1, 0.15) is 51.0 Å². The van der Waals surface area contributed by atoms with Crippen LogP contribution in [-0.4, -0.2) is 19.1 Å². The molecule has 0 saturated carbocycles. The Morgan fingerprint density at radius 3 is 2.44 bits per heavy atom. The van der Waals surface area contributed by atoms with E-state index in [2.05, 4.69) is 17.0 Å². The highest BCUT2D eigenvalue weighted by Gasteiger charge is 2.09. The molecule has 0 fully saturated rings. The van der Waals surface area contributed by atoms with E-state index in [0.717, 1.165) is 19.3 Å². The number of unbranched alkanes of at least 4 members (excludes halogenated alkanes) is 5. The molecule has 0 atom stereocenters. The number of nitriles is 1. The van der Waals surface area contributed by atoms with Crippen molar-refractivity contribution in [3.63, 3.8) is 0 Å². The number of amides is 1. The van der Waals surface area contributed by atoms with Gasteiger partial charge in [0.15, 0.2) is 0 Å². The number of rotatable bonds is 11. The van der Waals surface area contributed by atoms with Gasteiger partial charge in [-0.05, 0) is 30.2 Å². The van der Waals surface area contributed by atoms with Crippen molar-refractivity contribution in [3.05, 3.63) is 35.4 Å². The van der Waals surface area contributed by atoms with Crippen molar-refractivity contribution in [2.45, 2.75) is 52.1 Å². The quantitative estimate of drug-likeness (QED) is 0.358. The highest BCUT2D eigenvalue weighted by molar-refractivity contribution is 6.01. The summed E-state index contributed by atoms with van der Waals surface area (Å²) in [6, 6.07) is 7.61. The molecule has 0 unspecified atom stereocenters. The number of halogens is 2. The maximum Gasteiger partial charge on any atom is 0.387 e. The number of hydrogen-bond donors (Lipinski definition) is 1. The van der Waals surface area contributed by atoms with Crippen LogP contribution in [0.5, 0.6) is 5.75 Å². The third-order valence-corrected chi connectivity index (χ3v) is 3.60. The molecule has 0 heterocycles. The van der Waals surface area contributed by atoms with Gasteiger partial charge in [-0.3, -0.25) is 4.79 Å². The topological polar surface area (TPSA) is 62.1 Å². The number of benzene rings is 1. The number of nitrogens with one attached hydrogen (secondary N) is 1. The largest absolute Gasteiger partial charge is 0.435 e. The van der Waals surface area contributed by atoms with E-state index in [1.807, 2.05) is 6.07 Å². The molecule has 0 bridgehead atoms. The van der Waals surface area contributed by atoms with Crippen LogP contribution >= 0.6 is 0 Å². The maximum atomic E-state index is 12.1. The van der Waals surface area contributed by atoms with Crippen LogP contribution in [0.25, 0.3) is 6.08 Å². The summed E-state index contributed by atoms with van der Waals surface area (Å²) in [5, 5.41) is 11.9. The van der Waals surface area contributed by atoms with Gasteiger partial charge >= 0.3 is 6.61 Å². The Kier molecular flexibility index (Phi) is 9.91. The second-order valence-electron chi connectivity index (χ2n) is 5.64. The second kappa shape index (κ2) is 12.0. The lowest BCUT2D eigenvalue weighted by Gasteiger charge is -2.05. The molecule has 6 heteroatoms. The standard InChI is InChI=1S/C19H24F2N2O2/c1-2-3-4-5-6-7-12-23-18(24)16(14-22)13-15-8-10-17(11-9-15)25-19(20)21/h8-11,13,19H,2-7,12H2,1H3,(H,23,24). The zero-order valence-electron chi connectivity index (χ0n) is 14.4. The van der Waals surface area contributed by atoms with Crippen molar-refractivity contribution in [1.82, 2.24) is 5.32 Å². The SMILES string of the molecule is CCCCCCCCNC(=O)C(C#N)=Cc1ccc(OC(F)F)cc1. The summed E-state index contributed by atoms with van der Waals surface area (Å²) in [6.07, 6.45) is 8.14. The van der Waals surface area contributed by atoms with Gasteiger partial charge in [-0.2, -0.15) is 14.0 Å². The van der Waals surface area contributed by atoms with E-state index in [9.17, 15) is 13.6 Å². The first-order chi connectivity index (χ1) is 12.1. The summed E-state index contributed by atoms with van der Waals surface area (Å²) in [5.74, 6) is -0.401. The van der Waals surface area contributed by atoms with Gasteiger partial charge in [0, 0.05) is 6.54 Å². The molecular weight excluding hydrogens is 326 g/mol. The highest BCUT2D eigenvalue weighted by Crippen LogP contribution is 2.16. The molecule has 1 rings (SSSR count). The van der Waals surface area contributed by atoms with Gasteiger partial charge in [0.05, 0.1) is 0 Å². The van der Waals surface area contributed by atoms with Crippen molar-refractivity contribution in [1.29, 1.82) is 5.26 Å². The summed E-state index contributed by atoms with van der Waals surface area (Å²) < 4.78 is 28.4. The number of carbonyl (C=O) groups is 1. The van der Waals surface area contributed by atoms with Gasteiger partial charge in [0.25, 0.3) is 5.91 Å². The van der Waals surface area contributed by atoms with Crippen molar-refractivity contribution < 1.29 is 18.3 Å². The molecule has 4 nitrogen and oxygen atoms in total. The van der Waals surface area contributed by atoms with Crippen LogP contribution < -0.4 is 10.1 Å². The first kappa shape index (κ1) is 20.6. The van der Waals surface area contributed by atoms with Crippen LogP contribution in [0, 0.1) is 11.3 Å². The second-order valence-corrected chi connectivity index (χ2v) is 5.64. The van der Waals surface area contributed by atoms with Gasteiger partial charge in [-0.25, -0.2) is 0 Å². The summed E-state index contributed by atoms with van der Waals surface area (Å²) in [5.41, 5.74) is 0.543. The summed E-state index contributed by atoms with van der Waals surface area (Å²) >= 11 is 0. The molecular formula is C19H24F2N2O2. The zero-order valence-corrected chi connectivity index (χ0v) is 14.4. The minimum absolute atomic E-state index is 0.0199. The van der Waals surface area contributed by atoms with Crippen LogP contribution in [-0.2, 0) is 4.79 Å². The fourth-order valence-corrected chi connectivity index (χ4v) is 2.26. The molecule has 1 N–H and O–H groups in total. The van der Waals surface area contributed by atoms with Gasteiger partial charge in [-0.15, -0.1) is 0 Å². The van der Waals surface area contributed by atoms with Gasteiger partial charge < -0.3 is 10.1 Å².